The summed E-state index contributed by atoms with van der Waals surface area (Å²) in [5, 5.41) is 18.9. The third-order valence-corrected chi connectivity index (χ3v) is 5.35. The van der Waals surface area contributed by atoms with Crippen LogP contribution >= 0.6 is 23.4 Å². The lowest BCUT2D eigenvalue weighted by Crippen LogP contribution is -2.23. The lowest BCUT2D eigenvalue weighted by Gasteiger charge is -2.13. The first kappa shape index (κ1) is 20.6. The largest absolute Gasteiger partial charge is 0.418 e. The maximum Gasteiger partial charge on any atom is 0.418 e. The van der Waals surface area contributed by atoms with E-state index in [0.29, 0.717) is 13.0 Å². The highest BCUT2D eigenvalue weighted by Crippen LogP contribution is 2.36. The summed E-state index contributed by atoms with van der Waals surface area (Å²) in [6, 6.07) is 3.35. The molecular weight excluding hydrogens is 447 g/mol. The number of hydrogen-bond acceptors (Lipinski definition) is 8. The topological polar surface area (TPSA) is 103 Å². The lowest BCUT2D eigenvalue weighted by molar-refractivity contribution is -0.137. The number of benzene rings is 1. The van der Waals surface area contributed by atoms with Gasteiger partial charge in [-0.3, -0.25) is 4.79 Å². The third kappa shape index (κ3) is 4.41. The molecule has 1 fully saturated rings. The van der Waals surface area contributed by atoms with E-state index in [-0.39, 0.29) is 45.9 Å². The number of carbonyl (C=O) groups is 1. The van der Waals surface area contributed by atoms with Gasteiger partial charge in [0.2, 0.25) is 11.8 Å². The van der Waals surface area contributed by atoms with E-state index in [1.165, 1.54) is 12.1 Å². The summed E-state index contributed by atoms with van der Waals surface area (Å²) in [6.07, 6.45) is -3.34. The van der Waals surface area contributed by atoms with Crippen molar-refractivity contribution in [2.24, 2.45) is 0 Å². The number of nitrogens with zero attached hydrogens (tertiary/aromatic N) is 7. The van der Waals surface area contributed by atoms with Crippen LogP contribution in [0, 0.1) is 0 Å². The van der Waals surface area contributed by atoms with Crippen LogP contribution in [0.2, 0.25) is 5.02 Å². The van der Waals surface area contributed by atoms with Crippen molar-refractivity contribution in [3.63, 3.8) is 0 Å². The van der Waals surface area contributed by atoms with Gasteiger partial charge in [0.05, 0.1) is 23.5 Å². The standard InChI is InChI=1S/C16H13ClF3N7O2S/c17-9-3-4-11(10(6-9)16(18,19)20)27-12(21-24-25-27)8-30-15-23-22-13(29-15)7-26-5-1-2-14(26)28/h3-4,6H,1-2,5,7-8H2. The Hall–Kier alpha value is -2.67. The predicted molar refractivity (Wildman–Crippen MR) is 97.7 cm³/mol. The first-order valence-electron chi connectivity index (χ1n) is 8.68. The molecule has 1 aliphatic heterocycles. The average Bonchev–Trinajstić information content (AvgIpc) is 3.42. The van der Waals surface area contributed by atoms with Gasteiger partial charge in [0.1, 0.15) is 0 Å². The van der Waals surface area contributed by atoms with E-state index < -0.39 is 11.7 Å². The monoisotopic (exact) mass is 459 g/mol. The van der Waals surface area contributed by atoms with Crippen molar-refractivity contribution >= 4 is 29.3 Å². The Morgan fingerprint density at radius 3 is 2.80 bits per heavy atom. The molecule has 0 aliphatic carbocycles. The highest BCUT2D eigenvalue weighted by atomic mass is 35.5. The number of alkyl halides is 3. The Bertz CT molecular complexity index is 1070. The Labute approximate surface area is 176 Å². The van der Waals surface area contributed by atoms with Crippen LogP contribution in [0.15, 0.2) is 27.8 Å². The minimum absolute atomic E-state index is 0.0324. The molecule has 0 radical (unpaired) electrons. The molecule has 0 saturated carbocycles. The van der Waals surface area contributed by atoms with Gasteiger partial charge in [-0.15, -0.1) is 15.3 Å². The number of carbonyl (C=O) groups excluding carboxylic acids is 1. The number of halogens is 4. The lowest BCUT2D eigenvalue weighted by atomic mass is 10.1. The van der Waals surface area contributed by atoms with Crippen LogP contribution in [-0.2, 0) is 23.3 Å². The van der Waals surface area contributed by atoms with Crippen LogP contribution < -0.4 is 0 Å². The number of hydrogen-bond donors (Lipinski definition) is 0. The molecule has 0 N–H and O–H groups in total. The summed E-state index contributed by atoms with van der Waals surface area (Å²) in [4.78, 5) is 13.3. The quantitative estimate of drug-likeness (QED) is 0.518. The maximum atomic E-state index is 13.4. The van der Waals surface area contributed by atoms with E-state index in [1.807, 2.05) is 0 Å². The molecule has 1 aliphatic rings. The minimum atomic E-state index is -4.63. The number of amides is 1. The zero-order valence-corrected chi connectivity index (χ0v) is 16.7. The zero-order chi connectivity index (χ0) is 21.3. The van der Waals surface area contributed by atoms with Gasteiger partial charge < -0.3 is 9.32 Å². The van der Waals surface area contributed by atoms with Crippen molar-refractivity contribution in [2.45, 2.75) is 36.5 Å². The van der Waals surface area contributed by atoms with Gasteiger partial charge in [-0.2, -0.15) is 17.9 Å². The third-order valence-electron chi connectivity index (χ3n) is 4.30. The van der Waals surface area contributed by atoms with Crippen molar-refractivity contribution < 1.29 is 22.4 Å². The molecule has 1 saturated heterocycles. The SMILES string of the molecule is O=C1CCCN1Cc1nnc(SCc2nnnn2-c2ccc(Cl)cc2C(F)(F)F)o1. The second-order valence-electron chi connectivity index (χ2n) is 6.34. The highest BCUT2D eigenvalue weighted by molar-refractivity contribution is 7.98. The highest BCUT2D eigenvalue weighted by Gasteiger charge is 2.35. The first-order valence-corrected chi connectivity index (χ1v) is 10.0. The first-order chi connectivity index (χ1) is 14.3. The molecule has 1 amide bonds. The fourth-order valence-electron chi connectivity index (χ4n) is 2.92. The Kier molecular flexibility index (Phi) is 5.64. The van der Waals surface area contributed by atoms with E-state index >= 15 is 0 Å². The van der Waals surface area contributed by atoms with Crippen molar-refractivity contribution in [3.05, 3.63) is 40.5 Å². The molecule has 3 aromatic rings. The summed E-state index contributed by atoms with van der Waals surface area (Å²) in [6.45, 7) is 0.866. The summed E-state index contributed by atoms with van der Waals surface area (Å²) < 4.78 is 46.7. The second kappa shape index (κ2) is 8.22. The van der Waals surface area contributed by atoms with Gasteiger partial charge in [0.25, 0.3) is 5.22 Å². The molecule has 158 valence electrons. The molecule has 30 heavy (non-hydrogen) atoms. The van der Waals surface area contributed by atoms with Crippen LogP contribution in [0.1, 0.15) is 30.1 Å². The molecule has 3 heterocycles. The van der Waals surface area contributed by atoms with Crippen molar-refractivity contribution in [3.8, 4) is 5.69 Å². The van der Waals surface area contributed by atoms with Crippen LogP contribution in [-0.4, -0.2) is 47.8 Å². The number of likely N-dealkylation sites (tertiary alicyclic amines) is 1. The van der Waals surface area contributed by atoms with Crippen LogP contribution in [0.25, 0.3) is 5.69 Å². The van der Waals surface area contributed by atoms with Gasteiger partial charge in [-0.1, -0.05) is 23.4 Å². The Morgan fingerprint density at radius 2 is 2.07 bits per heavy atom. The van der Waals surface area contributed by atoms with Crippen LogP contribution in [0.3, 0.4) is 0 Å². The maximum absolute atomic E-state index is 13.4. The molecule has 14 heteroatoms. The normalized spacial score (nSPS) is 14.7. The van der Waals surface area contributed by atoms with Crippen LogP contribution in [0.4, 0.5) is 13.2 Å². The molecule has 1 aromatic carbocycles. The number of tetrazole rings is 1. The van der Waals surface area contributed by atoms with Gasteiger partial charge in [-0.25, -0.2) is 0 Å². The molecule has 0 atom stereocenters. The van der Waals surface area contributed by atoms with Crippen molar-refractivity contribution in [1.29, 1.82) is 0 Å². The van der Waals surface area contributed by atoms with Gasteiger partial charge in [-0.05, 0) is 35.0 Å². The minimum Gasteiger partial charge on any atom is -0.414 e. The number of rotatable bonds is 6. The average molecular weight is 460 g/mol. The molecular formula is C16H13ClF3N7O2S. The van der Waals surface area contributed by atoms with Gasteiger partial charge >= 0.3 is 6.18 Å². The summed E-state index contributed by atoms with van der Waals surface area (Å²) >= 11 is 6.79. The molecule has 0 unspecified atom stereocenters. The van der Waals surface area contributed by atoms with E-state index in [2.05, 4.69) is 25.7 Å². The second-order valence-corrected chi connectivity index (χ2v) is 7.70. The van der Waals surface area contributed by atoms with Gasteiger partial charge in [0, 0.05) is 18.0 Å². The van der Waals surface area contributed by atoms with Gasteiger partial charge in [0.15, 0.2) is 5.82 Å². The number of thioether (sulfide) groups is 1. The van der Waals surface area contributed by atoms with E-state index in [9.17, 15) is 18.0 Å². The fourth-order valence-corrected chi connectivity index (χ4v) is 3.78. The molecule has 0 bridgehead atoms. The van der Waals surface area contributed by atoms with E-state index in [1.54, 1.807) is 4.90 Å². The van der Waals surface area contributed by atoms with Crippen molar-refractivity contribution in [2.75, 3.05) is 6.54 Å². The summed E-state index contributed by atoms with van der Waals surface area (Å²) in [5.41, 5.74) is -1.20. The Morgan fingerprint density at radius 1 is 1.23 bits per heavy atom. The van der Waals surface area contributed by atoms with E-state index in [4.69, 9.17) is 16.0 Å². The molecule has 2 aromatic heterocycles. The smallest absolute Gasteiger partial charge is 0.414 e. The zero-order valence-electron chi connectivity index (χ0n) is 15.1. The molecule has 4 rings (SSSR count). The number of aromatic nitrogens is 6. The summed E-state index contributed by atoms with van der Waals surface area (Å²) in [5.74, 6) is 0.550. The van der Waals surface area contributed by atoms with Crippen molar-refractivity contribution in [1.82, 2.24) is 35.3 Å². The van der Waals surface area contributed by atoms with Crippen LogP contribution in [0.5, 0.6) is 0 Å². The summed E-state index contributed by atoms with van der Waals surface area (Å²) in [7, 11) is 0. The predicted octanol–water partition coefficient (Wildman–Crippen LogP) is 3.13. The molecule has 0 spiro atoms. The van der Waals surface area contributed by atoms with E-state index in [0.717, 1.165) is 28.9 Å². The molecule has 9 nitrogen and oxygen atoms in total. The Balaban J connectivity index is 1.49. The fraction of sp³-hybridized carbons (Fsp3) is 0.375.